The molecule has 3 rings (SSSR count). The third-order valence-electron chi connectivity index (χ3n) is 6.01. The summed E-state index contributed by atoms with van der Waals surface area (Å²) >= 11 is 0. The van der Waals surface area contributed by atoms with Gasteiger partial charge in [-0.3, -0.25) is 14.5 Å². The van der Waals surface area contributed by atoms with E-state index in [9.17, 15) is 14.4 Å². The number of unbranched alkanes of at least 4 members (excludes halogenated alkanes) is 1. The van der Waals surface area contributed by atoms with Gasteiger partial charge in [0.1, 0.15) is 5.54 Å². The lowest BCUT2D eigenvalue weighted by molar-refractivity contribution is -0.141. The number of amides is 4. The fourth-order valence-electron chi connectivity index (χ4n) is 4.23. The van der Waals surface area contributed by atoms with Gasteiger partial charge < -0.3 is 15.5 Å². The monoisotopic (exact) mass is 386 g/mol. The fraction of sp³-hybridized carbons (Fsp3) is 0.571. The zero-order valence-corrected chi connectivity index (χ0v) is 16.8. The summed E-state index contributed by atoms with van der Waals surface area (Å²) in [7, 11) is 1.54. The Morgan fingerprint density at radius 2 is 1.82 bits per heavy atom. The summed E-state index contributed by atoms with van der Waals surface area (Å²) < 4.78 is 0. The second kappa shape index (κ2) is 8.31. The summed E-state index contributed by atoms with van der Waals surface area (Å²) in [6.45, 7) is 3.34. The first-order chi connectivity index (χ1) is 13.4. The van der Waals surface area contributed by atoms with Crippen LogP contribution in [0.3, 0.4) is 0 Å². The molecule has 7 nitrogen and oxygen atoms in total. The molecule has 2 aliphatic heterocycles. The van der Waals surface area contributed by atoms with Crippen LogP contribution in [0.25, 0.3) is 0 Å². The van der Waals surface area contributed by atoms with Crippen molar-refractivity contribution in [3.8, 4) is 0 Å². The number of benzene rings is 1. The molecule has 4 amide bonds. The number of imide groups is 1. The molecule has 1 aromatic rings. The van der Waals surface area contributed by atoms with Gasteiger partial charge in [-0.05, 0) is 24.8 Å². The topological polar surface area (TPSA) is 87.0 Å². The Balaban J connectivity index is 1.74. The minimum Gasteiger partial charge on any atom is -0.341 e. The van der Waals surface area contributed by atoms with E-state index in [4.69, 9.17) is 5.73 Å². The van der Waals surface area contributed by atoms with Crippen LogP contribution in [-0.2, 0) is 16.1 Å². The summed E-state index contributed by atoms with van der Waals surface area (Å²) in [5, 5.41) is 0. The summed E-state index contributed by atoms with van der Waals surface area (Å²) in [6, 6.07) is 8.92. The molecule has 0 bridgehead atoms. The minimum atomic E-state index is -0.869. The van der Waals surface area contributed by atoms with Crippen molar-refractivity contribution in [2.75, 3.05) is 20.1 Å². The summed E-state index contributed by atoms with van der Waals surface area (Å²) in [6.07, 6.45) is 3.49. The van der Waals surface area contributed by atoms with E-state index in [0.717, 1.165) is 18.4 Å². The molecule has 1 spiro atoms. The molecule has 0 aromatic heterocycles. The van der Waals surface area contributed by atoms with E-state index in [1.54, 1.807) is 9.80 Å². The Hall–Kier alpha value is -2.41. The third-order valence-corrected chi connectivity index (χ3v) is 6.01. The Bertz CT molecular complexity index is 728. The van der Waals surface area contributed by atoms with E-state index in [1.807, 2.05) is 30.3 Å². The van der Waals surface area contributed by atoms with Crippen molar-refractivity contribution in [2.24, 2.45) is 5.73 Å². The number of hydrogen-bond acceptors (Lipinski definition) is 4. The number of likely N-dealkylation sites (N-methyl/N-ethyl adjacent to an activating group) is 1. The lowest BCUT2D eigenvalue weighted by Gasteiger charge is -2.42. The first-order valence-corrected chi connectivity index (χ1v) is 10.1. The van der Waals surface area contributed by atoms with E-state index < -0.39 is 11.6 Å². The largest absolute Gasteiger partial charge is 0.341 e. The molecule has 28 heavy (non-hydrogen) atoms. The molecule has 0 saturated carbocycles. The molecule has 2 heterocycles. The van der Waals surface area contributed by atoms with Crippen molar-refractivity contribution < 1.29 is 14.4 Å². The van der Waals surface area contributed by atoms with Gasteiger partial charge in [0, 0.05) is 26.7 Å². The molecular weight excluding hydrogens is 356 g/mol. The Morgan fingerprint density at radius 3 is 2.43 bits per heavy atom. The molecule has 1 atom stereocenters. The maximum Gasteiger partial charge on any atom is 0.327 e. The number of nitrogens with two attached hydrogens (primary N) is 1. The predicted molar refractivity (Wildman–Crippen MR) is 106 cm³/mol. The molecule has 2 N–H and O–H groups in total. The summed E-state index contributed by atoms with van der Waals surface area (Å²) in [5.74, 6) is -0.223. The average Bonchev–Trinajstić information content (AvgIpc) is 2.89. The second-order valence-electron chi connectivity index (χ2n) is 7.82. The molecular formula is C21H30N4O3. The highest BCUT2D eigenvalue weighted by atomic mass is 16.2. The number of piperidine rings is 1. The molecule has 0 unspecified atom stereocenters. The average molecular weight is 386 g/mol. The quantitative estimate of drug-likeness (QED) is 0.757. The van der Waals surface area contributed by atoms with E-state index >= 15 is 0 Å². The smallest absolute Gasteiger partial charge is 0.327 e. The number of likely N-dealkylation sites (tertiary alicyclic amines) is 1. The Morgan fingerprint density at radius 1 is 1.18 bits per heavy atom. The van der Waals surface area contributed by atoms with Crippen molar-refractivity contribution in [3.05, 3.63) is 35.9 Å². The Labute approximate surface area is 166 Å². The lowest BCUT2D eigenvalue weighted by atomic mass is 9.85. The molecule has 1 aromatic carbocycles. The van der Waals surface area contributed by atoms with Crippen LogP contribution in [0, 0.1) is 0 Å². The van der Waals surface area contributed by atoms with Gasteiger partial charge in [0.2, 0.25) is 5.91 Å². The molecule has 2 aliphatic rings. The van der Waals surface area contributed by atoms with Crippen LogP contribution < -0.4 is 5.73 Å². The van der Waals surface area contributed by atoms with Crippen LogP contribution in [0.15, 0.2) is 30.3 Å². The number of hydrogen-bond donors (Lipinski definition) is 1. The fourth-order valence-corrected chi connectivity index (χ4v) is 4.23. The SMILES string of the molecule is CCCC[C@H](N)C(=O)N1CCC2(CC1)C(=O)N(C)C(=O)N2Cc1ccccc1. The van der Waals surface area contributed by atoms with Crippen LogP contribution in [0.5, 0.6) is 0 Å². The molecule has 2 saturated heterocycles. The van der Waals surface area contributed by atoms with E-state index in [0.29, 0.717) is 38.9 Å². The number of rotatable bonds is 6. The van der Waals surface area contributed by atoms with Crippen LogP contribution in [0.1, 0.15) is 44.6 Å². The molecule has 0 radical (unpaired) electrons. The van der Waals surface area contributed by atoms with Crippen LogP contribution in [0.4, 0.5) is 4.79 Å². The van der Waals surface area contributed by atoms with Gasteiger partial charge in [0.15, 0.2) is 0 Å². The number of carbonyl (C=O) groups excluding carboxylic acids is 3. The number of nitrogens with zero attached hydrogens (tertiary/aromatic N) is 3. The van der Waals surface area contributed by atoms with Crippen molar-refractivity contribution in [2.45, 2.75) is 57.2 Å². The molecule has 152 valence electrons. The maximum absolute atomic E-state index is 13.0. The first kappa shape index (κ1) is 20.3. The van der Waals surface area contributed by atoms with E-state index in [2.05, 4.69) is 6.92 Å². The minimum absolute atomic E-state index is 0.0527. The summed E-state index contributed by atoms with van der Waals surface area (Å²) in [4.78, 5) is 43.0. The molecule has 7 heteroatoms. The number of urea groups is 1. The highest BCUT2D eigenvalue weighted by molar-refractivity contribution is 6.06. The van der Waals surface area contributed by atoms with Crippen molar-refractivity contribution in [3.63, 3.8) is 0 Å². The van der Waals surface area contributed by atoms with Gasteiger partial charge >= 0.3 is 6.03 Å². The van der Waals surface area contributed by atoms with E-state index in [-0.39, 0.29) is 17.8 Å². The van der Waals surface area contributed by atoms with Gasteiger partial charge in [0.25, 0.3) is 5.91 Å². The standard InChI is InChI=1S/C21H30N4O3/c1-3-4-10-17(22)18(26)24-13-11-21(12-14-24)19(27)23(2)20(28)25(21)15-16-8-6-5-7-9-16/h5-9,17H,3-4,10-15,22H2,1-2H3/t17-/m0/s1. The van der Waals surface area contributed by atoms with Gasteiger partial charge in [-0.25, -0.2) is 4.79 Å². The van der Waals surface area contributed by atoms with E-state index in [1.165, 1.54) is 11.9 Å². The molecule has 2 fully saturated rings. The highest BCUT2D eigenvalue weighted by Crippen LogP contribution is 2.38. The Kier molecular flexibility index (Phi) is 6.03. The van der Waals surface area contributed by atoms with Gasteiger partial charge in [0.05, 0.1) is 6.04 Å². The van der Waals surface area contributed by atoms with Crippen LogP contribution in [0.2, 0.25) is 0 Å². The zero-order chi connectivity index (χ0) is 20.3. The van der Waals surface area contributed by atoms with Gasteiger partial charge in [-0.2, -0.15) is 0 Å². The molecule has 0 aliphatic carbocycles. The normalized spacial score (nSPS) is 20.2. The second-order valence-corrected chi connectivity index (χ2v) is 7.82. The van der Waals surface area contributed by atoms with Crippen LogP contribution >= 0.6 is 0 Å². The summed E-state index contributed by atoms with van der Waals surface area (Å²) in [5.41, 5.74) is 6.16. The van der Waals surface area contributed by atoms with Crippen molar-refractivity contribution in [1.82, 2.24) is 14.7 Å². The predicted octanol–water partition coefficient (Wildman–Crippen LogP) is 1.96. The van der Waals surface area contributed by atoms with Crippen molar-refractivity contribution in [1.29, 1.82) is 0 Å². The third kappa shape index (κ3) is 3.63. The maximum atomic E-state index is 13.0. The highest BCUT2D eigenvalue weighted by Gasteiger charge is 2.57. The zero-order valence-electron chi connectivity index (χ0n) is 16.8. The number of carbonyl (C=O) groups is 3. The van der Waals surface area contributed by atoms with Gasteiger partial charge in [-0.1, -0.05) is 50.1 Å². The van der Waals surface area contributed by atoms with Gasteiger partial charge in [-0.15, -0.1) is 0 Å². The van der Waals surface area contributed by atoms with Crippen LogP contribution in [-0.4, -0.2) is 64.3 Å². The van der Waals surface area contributed by atoms with Crippen molar-refractivity contribution >= 4 is 17.8 Å². The lowest BCUT2D eigenvalue weighted by Crippen LogP contribution is -2.58. The first-order valence-electron chi connectivity index (χ1n) is 10.1.